The van der Waals surface area contributed by atoms with Crippen LogP contribution in [0.5, 0.6) is 0 Å². The molecule has 2 N–H and O–H groups in total. The van der Waals surface area contributed by atoms with Crippen molar-refractivity contribution in [2.75, 3.05) is 57.9 Å². The third-order valence-corrected chi connectivity index (χ3v) is 5.82. The van der Waals surface area contributed by atoms with Crippen LogP contribution >= 0.6 is 11.8 Å². The number of rotatable bonds is 6. The lowest BCUT2D eigenvalue weighted by molar-refractivity contribution is -0.0120. The molecule has 0 aromatic heterocycles. The van der Waals surface area contributed by atoms with Crippen molar-refractivity contribution in [3.05, 3.63) is 0 Å². The quantitative estimate of drug-likeness (QED) is 0.570. The monoisotopic (exact) mass is 328 g/mol. The molecule has 0 aromatic carbocycles. The molecule has 5 nitrogen and oxygen atoms in total. The van der Waals surface area contributed by atoms with Crippen LogP contribution in [0.4, 0.5) is 0 Å². The second-order valence-corrected chi connectivity index (χ2v) is 7.77. The number of guanidine groups is 1. The van der Waals surface area contributed by atoms with Gasteiger partial charge in [0.25, 0.3) is 0 Å². The standard InChI is InChI=1S/C16H32N4OS/c1-14(2)4-6-18-15(17-3)19-12-16(5-11-22-13-16)20-7-9-21-10-8-20/h14H,4-13H2,1-3H3,(H2,17,18,19). The number of hydrogen-bond donors (Lipinski definition) is 2. The van der Waals surface area contributed by atoms with Gasteiger partial charge >= 0.3 is 0 Å². The van der Waals surface area contributed by atoms with Crippen LogP contribution in [0.15, 0.2) is 4.99 Å². The Kier molecular flexibility index (Phi) is 7.31. The number of nitrogens with zero attached hydrogens (tertiary/aromatic N) is 2. The molecule has 128 valence electrons. The number of aliphatic imine (C=N–C) groups is 1. The van der Waals surface area contributed by atoms with Gasteiger partial charge in [-0.15, -0.1) is 0 Å². The van der Waals surface area contributed by atoms with Crippen LogP contribution in [0.25, 0.3) is 0 Å². The van der Waals surface area contributed by atoms with E-state index in [1.165, 1.54) is 24.3 Å². The summed E-state index contributed by atoms with van der Waals surface area (Å²) in [6.07, 6.45) is 2.43. The first-order valence-corrected chi connectivity index (χ1v) is 9.67. The average molecular weight is 329 g/mol. The van der Waals surface area contributed by atoms with Crippen molar-refractivity contribution in [3.63, 3.8) is 0 Å². The lowest BCUT2D eigenvalue weighted by atomic mass is 9.95. The maximum Gasteiger partial charge on any atom is 0.191 e. The fourth-order valence-corrected chi connectivity index (χ4v) is 4.56. The fraction of sp³-hybridized carbons (Fsp3) is 0.938. The van der Waals surface area contributed by atoms with Gasteiger partial charge < -0.3 is 15.4 Å². The van der Waals surface area contributed by atoms with Gasteiger partial charge in [0.1, 0.15) is 0 Å². The molecule has 0 saturated carbocycles. The Bertz CT molecular complexity index is 350. The van der Waals surface area contributed by atoms with Crippen LogP contribution in [0.2, 0.25) is 0 Å². The summed E-state index contributed by atoms with van der Waals surface area (Å²) in [6.45, 7) is 10.3. The third-order valence-electron chi connectivity index (χ3n) is 4.59. The van der Waals surface area contributed by atoms with Gasteiger partial charge in [0.2, 0.25) is 0 Å². The number of morpholine rings is 1. The Hall–Kier alpha value is -0.460. The lowest BCUT2D eigenvalue weighted by Gasteiger charge is -2.43. The highest BCUT2D eigenvalue weighted by Crippen LogP contribution is 2.33. The van der Waals surface area contributed by atoms with E-state index in [9.17, 15) is 0 Å². The molecule has 2 heterocycles. The molecule has 0 aliphatic carbocycles. The molecule has 2 aliphatic rings. The summed E-state index contributed by atoms with van der Waals surface area (Å²) in [4.78, 5) is 7.00. The van der Waals surface area contributed by atoms with Crippen molar-refractivity contribution in [1.82, 2.24) is 15.5 Å². The van der Waals surface area contributed by atoms with E-state index in [2.05, 4.69) is 46.1 Å². The van der Waals surface area contributed by atoms with Gasteiger partial charge in [-0.1, -0.05) is 13.8 Å². The lowest BCUT2D eigenvalue weighted by Crippen LogP contribution is -2.60. The van der Waals surface area contributed by atoms with Crippen molar-refractivity contribution in [2.45, 2.75) is 32.2 Å². The normalized spacial score (nSPS) is 27.4. The molecule has 0 aromatic rings. The van der Waals surface area contributed by atoms with E-state index in [4.69, 9.17) is 4.74 Å². The predicted molar refractivity (Wildman–Crippen MR) is 95.9 cm³/mol. The maximum absolute atomic E-state index is 5.52. The zero-order valence-electron chi connectivity index (χ0n) is 14.4. The summed E-state index contributed by atoms with van der Waals surface area (Å²) in [6, 6.07) is 0. The Morgan fingerprint density at radius 1 is 1.32 bits per heavy atom. The molecule has 0 radical (unpaired) electrons. The first-order chi connectivity index (χ1) is 10.7. The topological polar surface area (TPSA) is 48.9 Å². The van der Waals surface area contributed by atoms with Gasteiger partial charge in [0.05, 0.1) is 13.2 Å². The summed E-state index contributed by atoms with van der Waals surface area (Å²) in [5.41, 5.74) is 0.268. The molecule has 1 unspecified atom stereocenters. The molecule has 0 spiro atoms. The van der Waals surface area contributed by atoms with E-state index in [1.54, 1.807) is 0 Å². The predicted octanol–water partition coefficient (Wildman–Crippen LogP) is 1.41. The molecule has 0 amide bonds. The minimum atomic E-state index is 0.268. The summed E-state index contributed by atoms with van der Waals surface area (Å²) < 4.78 is 5.52. The van der Waals surface area contributed by atoms with Crippen LogP contribution in [0.3, 0.4) is 0 Å². The summed E-state index contributed by atoms with van der Waals surface area (Å²) in [7, 11) is 1.86. The van der Waals surface area contributed by atoms with Crippen LogP contribution in [-0.2, 0) is 4.74 Å². The molecule has 22 heavy (non-hydrogen) atoms. The average Bonchev–Trinajstić information content (AvgIpc) is 3.01. The minimum Gasteiger partial charge on any atom is -0.379 e. The number of nitrogens with one attached hydrogen (secondary N) is 2. The van der Waals surface area contributed by atoms with E-state index >= 15 is 0 Å². The third kappa shape index (κ3) is 5.03. The van der Waals surface area contributed by atoms with E-state index in [0.717, 1.165) is 51.3 Å². The van der Waals surface area contributed by atoms with E-state index in [-0.39, 0.29) is 5.54 Å². The van der Waals surface area contributed by atoms with Crippen molar-refractivity contribution < 1.29 is 4.74 Å². The van der Waals surface area contributed by atoms with E-state index in [1.807, 2.05) is 7.05 Å². The molecule has 6 heteroatoms. The molecule has 1 atom stereocenters. The van der Waals surface area contributed by atoms with Crippen LogP contribution in [0.1, 0.15) is 26.7 Å². The molecular weight excluding hydrogens is 296 g/mol. The van der Waals surface area contributed by atoms with E-state index < -0.39 is 0 Å². The van der Waals surface area contributed by atoms with Gasteiger partial charge in [0, 0.05) is 44.5 Å². The first-order valence-electron chi connectivity index (χ1n) is 8.51. The van der Waals surface area contributed by atoms with Crippen molar-refractivity contribution >= 4 is 17.7 Å². The Morgan fingerprint density at radius 3 is 2.68 bits per heavy atom. The zero-order valence-corrected chi connectivity index (χ0v) is 15.2. The summed E-state index contributed by atoms with van der Waals surface area (Å²) in [5.74, 6) is 4.13. The van der Waals surface area contributed by atoms with Crippen molar-refractivity contribution in [1.29, 1.82) is 0 Å². The second-order valence-electron chi connectivity index (χ2n) is 6.66. The summed E-state index contributed by atoms with van der Waals surface area (Å²) >= 11 is 2.07. The maximum atomic E-state index is 5.52. The Balaban J connectivity index is 1.85. The molecular formula is C16H32N4OS. The van der Waals surface area contributed by atoms with Crippen LogP contribution in [0, 0.1) is 5.92 Å². The van der Waals surface area contributed by atoms with Gasteiger partial charge in [-0.3, -0.25) is 9.89 Å². The molecule has 2 saturated heterocycles. The highest BCUT2D eigenvalue weighted by Gasteiger charge is 2.40. The fourth-order valence-electron chi connectivity index (χ4n) is 3.08. The molecule has 2 fully saturated rings. The first kappa shape index (κ1) is 17.9. The summed E-state index contributed by atoms with van der Waals surface area (Å²) in [5, 5.41) is 7.00. The number of thioether (sulfide) groups is 1. The molecule has 2 aliphatic heterocycles. The highest BCUT2D eigenvalue weighted by molar-refractivity contribution is 7.99. The van der Waals surface area contributed by atoms with Crippen LogP contribution < -0.4 is 10.6 Å². The SMILES string of the molecule is CN=C(NCCC(C)C)NCC1(N2CCOCC2)CCSC1. The molecule has 0 bridgehead atoms. The smallest absolute Gasteiger partial charge is 0.191 e. The minimum absolute atomic E-state index is 0.268. The molecule has 2 rings (SSSR count). The number of hydrogen-bond acceptors (Lipinski definition) is 4. The van der Waals surface area contributed by atoms with Gasteiger partial charge in [-0.25, -0.2) is 0 Å². The van der Waals surface area contributed by atoms with E-state index in [0.29, 0.717) is 0 Å². The van der Waals surface area contributed by atoms with Crippen LogP contribution in [-0.4, -0.2) is 74.3 Å². The Morgan fingerprint density at radius 2 is 2.09 bits per heavy atom. The number of ether oxygens (including phenoxy) is 1. The van der Waals surface area contributed by atoms with Gasteiger partial charge in [-0.05, 0) is 24.5 Å². The highest BCUT2D eigenvalue weighted by atomic mass is 32.2. The second kappa shape index (κ2) is 8.99. The Labute approximate surface area is 139 Å². The van der Waals surface area contributed by atoms with Crippen molar-refractivity contribution in [3.8, 4) is 0 Å². The van der Waals surface area contributed by atoms with Gasteiger partial charge in [-0.2, -0.15) is 11.8 Å². The largest absolute Gasteiger partial charge is 0.379 e. The zero-order chi connectivity index (χ0) is 15.8. The van der Waals surface area contributed by atoms with Crippen molar-refractivity contribution in [2.24, 2.45) is 10.9 Å². The van der Waals surface area contributed by atoms with Gasteiger partial charge in [0.15, 0.2) is 5.96 Å².